The van der Waals surface area contributed by atoms with E-state index in [4.69, 9.17) is 4.74 Å². The number of ether oxygens (including phenoxy) is 1. The first-order valence-electron chi connectivity index (χ1n) is 14.1. The summed E-state index contributed by atoms with van der Waals surface area (Å²) in [6, 6.07) is 21.6. The number of hydrogen-bond donors (Lipinski definition) is 3. The molecule has 3 N–H and O–H groups in total. The van der Waals surface area contributed by atoms with Gasteiger partial charge in [-0.2, -0.15) is 5.10 Å². The summed E-state index contributed by atoms with van der Waals surface area (Å²) < 4.78 is 6.14. The number of piperidine rings is 1. The van der Waals surface area contributed by atoms with Crippen molar-refractivity contribution in [2.24, 2.45) is 10.5 Å². The van der Waals surface area contributed by atoms with Gasteiger partial charge >= 0.3 is 6.09 Å². The second-order valence-electron chi connectivity index (χ2n) is 11.5. The van der Waals surface area contributed by atoms with Crippen molar-refractivity contribution < 1.29 is 29.0 Å². The summed E-state index contributed by atoms with van der Waals surface area (Å²) in [7, 11) is 1.62. The van der Waals surface area contributed by atoms with Crippen LogP contribution in [0.3, 0.4) is 0 Å². The number of rotatable bonds is 9. The Balaban J connectivity index is 1.43. The molecule has 0 radical (unpaired) electrons. The lowest BCUT2D eigenvalue weighted by atomic mass is 9.73. The fourth-order valence-electron chi connectivity index (χ4n) is 5.77. The topological polar surface area (TPSA) is 141 Å². The summed E-state index contributed by atoms with van der Waals surface area (Å²) in [6.07, 6.45) is -0.603. The van der Waals surface area contributed by atoms with Gasteiger partial charge in [0, 0.05) is 31.9 Å². The quantitative estimate of drug-likeness (QED) is 0.353. The van der Waals surface area contributed by atoms with Gasteiger partial charge in [0.25, 0.3) is 5.91 Å². The molecule has 2 atom stereocenters. The van der Waals surface area contributed by atoms with Crippen molar-refractivity contribution in [3.8, 4) is 5.75 Å². The minimum absolute atomic E-state index is 0.0835. The molecule has 2 unspecified atom stereocenters. The maximum atomic E-state index is 14.2. The van der Waals surface area contributed by atoms with Crippen LogP contribution in [-0.2, 0) is 20.8 Å². The van der Waals surface area contributed by atoms with Crippen LogP contribution in [0.15, 0.2) is 77.9 Å². The molecule has 1 fully saturated rings. The van der Waals surface area contributed by atoms with Gasteiger partial charge in [-0.1, -0.05) is 66.7 Å². The van der Waals surface area contributed by atoms with Gasteiger partial charge in [0.1, 0.15) is 29.4 Å². The standard InChI is InChI=1S/C32H35N5O6/c1-31(2,34-30(41)42)28(39)33-24(19-43-25-15-9-13-22-12-7-8-14-23(22)25)27(38)37-17-16-26-32(20-37,29(40)36(3)35-26)18-21-10-5-4-6-11-21/h4-15,24,34H,16-20H2,1-3H3,(H,33,39)(H,41,42). The lowest BCUT2D eigenvalue weighted by Crippen LogP contribution is -2.62. The molecule has 5 rings (SSSR count). The molecular formula is C32H35N5O6. The molecule has 2 aliphatic rings. The highest BCUT2D eigenvalue weighted by molar-refractivity contribution is 6.13. The molecule has 0 saturated carbocycles. The van der Waals surface area contributed by atoms with Gasteiger partial charge in [0.2, 0.25) is 11.8 Å². The van der Waals surface area contributed by atoms with Crippen molar-refractivity contribution in [2.75, 3.05) is 26.7 Å². The van der Waals surface area contributed by atoms with Crippen LogP contribution in [-0.4, -0.2) is 82.9 Å². The lowest BCUT2D eigenvalue weighted by molar-refractivity contribution is -0.143. The van der Waals surface area contributed by atoms with Crippen molar-refractivity contribution in [1.82, 2.24) is 20.5 Å². The molecule has 224 valence electrons. The zero-order valence-corrected chi connectivity index (χ0v) is 24.4. The van der Waals surface area contributed by atoms with Crippen molar-refractivity contribution in [3.05, 3.63) is 78.4 Å². The van der Waals surface area contributed by atoms with Gasteiger partial charge in [-0.25, -0.2) is 9.80 Å². The van der Waals surface area contributed by atoms with E-state index in [-0.39, 0.29) is 19.1 Å². The third-order valence-electron chi connectivity index (χ3n) is 8.01. The SMILES string of the molecule is CN1N=C2CCN(C(=O)C(COc3cccc4ccccc34)NC(=O)C(C)(C)NC(=O)O)CC2(Cc2ccccc2)C1=O. The first-order valence-corrected chi connectivity index (χ1v) is 14.1. The lowest BCUT2D eigenvalue weighted by Gasteiger charge is -2.41. The summed E-state index contributed by atoms with van der Waals surface area (Å²) in [5, 5.41) is 21.8. The van der Waals surface area contributed by atoms with E-state index >= 15 is 0 Å². The van der Waals surface area contributed by atoms with Gasteiger partial charge in [0.15, 0.2) is 0 Å². The molecule has 0 spiro atoms. The number of fused-ring (bicyclic) bond motifs is 2. The zero-order valence-electron chi connectivity index (χ0n) is 24.4. The number of amides is 4. The van der Waals surface area contributed by atoms with Gasteiger partial charge in [-0.05, 0) is 37.3 Å². The number of benzene rings is 3. The molecule has 43 heavy (non-hydrogen) atoms. The van der Waals surface area contributed by atoms with E-state index in [1.165, 1.54) is 18.9 Å². The summed E-state index contributed by atoms with van der Waals surface area (Å²) in [4.78, 5) is 53.9. The van der Waals surface area contributed by atoms with E-state index in [9.17, 15) is 24.3 Å². The number of carbonyl (C=O) groups is 4. The Hall–Kier alpha value is -4.93. The van der Waals surface area contributed by atoms with E-state index in [0.717, 1.165) is 22.0 Å². The second kappa shape index (κ2) is 11.7. The third-order valence-corrected chi connectivity index (χ3v) is 8.01. The van der Waals surface area contributed by atoms with E-state index in [0.29, 0.717) is 25.1 Å². The fourth-order valence-corrected chi connectivity index (χ4v) is 5.77. The first-order chi connectivity index (χ1) is 20.5. The fraction of sp³-hybridized carbons (Fsp3) is 0.344. The smallest absolute Gasteiger partial charge is 0.405 e. The van der Waals surface area contributed by atoms with E-state index in [1.807, 2.05) is 66.7 Å². The van der Waals surface area contributed by atoms with Crippen molar-refractivity contribution in [1.29, 1.82) is 0 Å². The number of likely N-dealkylation sites (tertiary alicyclic amines) is 1. The number of nitrogens with one attached hydrogen (secondary N) is 2. The van der Waals surface area contributed by atoms with Crippen LogP contribution in [0.2, 0.25) is 0 Å². The van der Waals surface area contributed by atoms with Crippen LogP contribution in [0.4, 0.5) is 4.79 Å². The van der Waals surface area contributed by atoms with E-state index in [1.54, 1.807) is 18.0 Å². The zero-order chi connectivity index (χ0) is 30.8. The molecule has 0 aliphatic carbocycles. The van der Waals surface area contributed by atoms with E-state index in [2.05, 4.69) is 15.7 Å². The number of carbonyl (C=O) groups excluding carboxylic acids is 3. The van der Waals surface area contributed by atoms with Crippen LogP contribution in [0.1, 0.15) is 25.8 Å². The number of nitrogens with zero attached hydrogens (tertiary/aromatic N) is 3. The van der Waals surface area contributed by atoms with Crippen molar-refractivity contribution >= 4 is 40.3 Å². The highest BCUT2D eigenvalue weighted by Gasteiger charge is 2.54. The van der Waals surface area contributed by atoms with Gasteiger partial charge < -0.3 is 25.4 Å². The molecule has 11 nitrogen and oxygen atoms in total. The van der Waals surface area contributed by atoms with Gasteiger partial charge in [-0.15, -0.1) is 0 Å². The Kier molecular flexibility index (Phi) is 8.08. The number of hydrogen-bond acceptors (Lipinski definition) is 6. The summed E-state index contributed by atoms with van der Waals surface area (Å²) in [6.45, 7) is 3.00. The molecular weight excluding hydrogens is 550 g/mol. The summed E-state index contributed by atoms with van der Waals surface area (Å²) >= 11 is 0. The average Bonchev–Trinajstić information content (AvgIpc) is 3.23. The first kappa shape index (κ1) is 29.6. The second-order valence-corrected chi connectivity index (χ2v) is 11.5. The van der Waals surface area contributed by atoms with E-state index < -0.39 is 34.9 Å². The highest BCUT2D eigenvalue weighted by atomic mass is 16.5. The van der Waals surface area contributed by atoms with Crippen LogP contribution < -0.4 is 15.4 Å². The van der Waals surface area contributed by atoms with Crippen LogP contribution in [0.25, 0.3) is 10.8 Å². The average molecular weight is 586 g/mol. The summed E-state index contributed by atoms with van der Waals surface area (Å²) in [5.74, 6) is -0.782. The molecule has 0 bridgehead atoms. The van der Waals surface area contributed by atoms with Crippen molar-refractivity contribution in [3.63, 3.8) is 0 Å². The molecule has 11 heteroatoms. The Morgan fingerprint density at radius 2 is 1.74 bits per heavy atom. The maximum Gasteiger partial charge on any atom is 0.405 e. The largest absolute Gasteiger partial charge is 0.490 e. The normalized spacial score (nSPS) is 19.0. The van der Waals surface area contributed by atoms with Crippen LogP contribution in [0, 0.1) is 5.41 Å². The molecule has 3 aromatic carbocycles. The highest BCUT2D eigenvalue weighted by Crippen LogP contribution is 2.38. The van der Waals surface area contributed by atoms with Gasteiger partial charge in [-0.3, -0.25) is 14.4 Å². The number of hydrazone groups is 1. The Morgan fingerprint density at radius 1 is 1.05 bits per heavy atom. The minimum Gasteiger partial charge on any atom is -0.490 e. The molecule has 4 amide bonds. The predicted molar refractivity (Wildman–Crippen MR) is 161 cm³/mol. The predicted octanol–water partition coefficient (Wildman–Crippen LogP) is 3.04. The Bertz CT molecular complexity index is 1580. The monoisotopic (exact) mass is 585 g/mol. The van der Waals surface area contributed by atoms with Crippen LogP contribution >= 0.6 is 0 Å². The summed E-state index contributed by atoms with van der Waals surface area (Å²) in [5.41, 5.74) is -0.880. The molecule has 2 heterocycles. The number of carboxylic acid groups (broad SMARTS) is 1. The molecule has 2 aliphatic heterocycles. The van der Waals surface area contributed by atoms with Crippen LogP contribution in [0.5, 0.6) is 5.75 Å². The minimum atomic E-state index is -1.52. The maximum absolute atomic E-state index is 14.2. The molecule has 3 aromatic rings. The molecule has 1 saturated heterocycles. The van der Waals surface area contributed by atoms with Crippen molar-refractivity contribution in [2.45, 2.75) is 38.3 Å². The Labute approximate surface area is 249 Å². The van der Waals surface area contributed by atoms with Gasteiger partial charge in [0.05, 0.1) is 5.71 Å². The third kappa shape index (κ3) is 6.01. The Morgan fingerprint density at radius 3 is 2.49 bits per heavy atom. The molecule has 0 aromatic heterocycles.